The quantitative estimate of drug-likeness (QED) is 0.703. The minimum Gasteiger partial charge on any atom is -0.326 e. The zero-order valence-electron chi connectivity index (χ0n) is 12.1. The van der Waals surface area contributed by atoms with Gasteiger partial charge in [-0.3, -0.25) is 4.79 Å². The van der Waals surface area contributed by atoms with E-state index in [2.05, 4.69) is 15.3 Å². The topological polar surface area (TPSA) is 57.8 Å². The van der Waals surface area contributed by atoms with Gasteiger partial charge in [-0.1, -0.05) is 19.1 Å². The van der Waals surface area contributed by atoms with E-state index in [1.807, 2.05) is 56.3 Å². The van der Waals surface area contributed by atoms with Crippen LogP contribution in [-0.4, -0.2) is 15.8 Å². The van der Waals surface area contributed by atoms with E-state index in [9.17, 15) is 4.79 Å². The van der Waals surface area contributed by atoms with Gasteiger partial charge in [0, 0.05) is 17.7 Å². The first-order chi connectivity index (χ1) is 10.2. The highest BCUT2D eigenvalue weighted by atomic mass is 16.1. The third-order valence-electron chi connectivity index (χ3n) is 3.51. The number of anilines is 2. The van der Waals surface area contributed by atoms with Gasteiger partial charge in [0.25, 0.3) is 0 Å². The molecule has 0 atom stereocenters. The van der Waals surface area contributed by atoms with Crippen LogP contribution in [0.1, 0.15) is 29.3 Å². The lowest BCUT2D eigenvalue weighted by molar-refractivity contribution is 0.0988. The summed E-state index contributed by atoms with van der Waals surface area (Å²) >= 11 is 0. The molecule has 0 aliphatic rings. The summed E-state index contributed by atoms with van der Waals surface area (Å²) in [6, 6.07) is 13.5. The monoisotopic (exact) mass is 279 g/mol. The van der Waals surface area contributed by atoms with Crippen molar-refractivity contribution in [3.8, 4) is 0 Å². The van der Waals surface area contributed by atoms with Crippen LogP contribution in [0.4, 0.5) is 11.6 Å². The summed E-state index contributed by atoms with van der Waals surface area (Å²) in [6.07, 6.45) is 0.523. The molecule has 0 radical (unpaired) electrons. The molecule has 0 amide bonds. The molecule has 0 bridgehead atoms. The fraction of sp³-hybridized carbons (Fsp3) is 0.176. The van der Waals surface area contributed by atoms with Gasteiger partial charge in [-0.2, -0.15) is 0 Å². The van der Waals surface area contributed by atoms with Gasteiger partial charge < -0.3 is 10.3 Å². The normalized spacial score (nSPS) is 10.8. The van der Waals surface area contributed by atoms with Crippen molar-refractivity contribution in [2.24, 2.45) is 0 Å². The van der Waals surface area contributed by atoms with Gasteiger partial charge in [0.05, 0.1) is 11.0 Å². The van der Waals surface area contributed by atoms with Crippen molar-refractivity contribution in [2.45, 2.75) is 20.3 Å². The second kappa shape index (κ2) is 5.40. The van der Waals surface area contributed by atoms with E-state index in [-0.39, 0.29) is 5.78 Å². The van der Waals surface area contributed by atoms with Crippen molar-refractivity contribution in [1.82, 2.24) is 9.97 Å². The molecule has 2 aromatic carbocycles. The lowest BCUT2D eigenvalue weighted by Gasteiger charge is -2.03. The van der Waals surface area contributed by atoms with Crippen LogP contribution < -0.4 is 5.32 Å². The van der Waals surface area contributed by atoms with Crippen LogP contribution in [-0.2, 0) is 0 Å². The molecule has 1 aromatic heterocycles. The minimum atomic E-state index is 0.154. The maximum Gasteiger partial charge on any atom is 0.205 e. The Morgan fingerprint density at radius 1 is 1.19 bits per heavy atom. The van der Waals surface area contributed by atoms with E-state index in [0.717, 1.165) is 27.8 Å². The second-order valence-corrected chi connectivity index (χ2v) is 5.04. The Kier molecular flexibility index (Phi) is 3.44. The smallest absolute Gasteiger partial charge is 0.205 e. The molecule has 0 unspecified atom stereocenters. The van der Waals surface area contributed by atoms with Crippen LogP contribution in [0.2, 0.25) is 0 Å². The van der Waals surface area contributed by atoms with Crippen LogP contribution >= 0.6 is 0 Å². The SMILES string of the molecule is CCC(=O)c1ccc(Nc2nc3c(C)cccc3[nH]2)cc1. The number of hydrogen-bond acceptors (Lipinski definition) is 3. The molecule has 3 aromatic rings. The number of para-hydroxylation sites is 1. The molecule has 0 fully saturated rings. The molecule has 0 saturated heterocycles. The van der Waals surface area contributed by atoms with Crippen LogP contribution in [0.15, 0.2) is 42.5 Å². The lowest BCUT2D eigenvalue weighted by atomic mass is 10.1. The number of aromatic amines is 1. The standard InChI is InChI=1S/C17H17N3O/c1-3-15(21)12-7-9-13(10-8-12)18-17-19-14-6-4-5-11(2)16(14)20-17/h4-10H,3H2,1-2H3,(H2,18,19,20). The van der Waals surface area contributed by atoms with Gasteiger partial charge in [-0.15, -0.1) is 0 Å². The number of hydrogen-bond donors (Lipinski definition) is 2. The number of benzene rings is 2. The Labute approximate surface area is 123 Å². The van der Waals surface area contributed by atoms with Crippen molar-refractivity contribution in [1.29, 1.82) is 0 Å². The predicted molar refractivity (Wildman–Crippen MR) is 85.2 cm³/mol. The highest BCUT2D eigenvalue weighted by Gasteiger charge is 2.06. The number of carbonyl (C=O) groups is 1. The number of aromatic nitrogens is 2. The molecule has 3 rings (SSSR count). The number of aryl methyl sites for hydroxylation is 1. The summed E-state index contributed by atoms with van der Waals surface area (Å²) in [6.45, 7) is 3.91. The summed E-state index contributed by atoms with van der Waals surface area (Å²) in [5.41, 5.74) is 4.76. The highest BCUT2D eigenvalue weighted by molar-refractivity contribution is 5.96. The molecular weight excluding hydrogens is 262 g/mol. The van der Waals surface area contributed by atoms with E-state index >= 15 is 0 Å². The van der Waals surface area contributed by atoms with E-state index in [1.165, 1.54) is 0 Å². The van der Waals surface area contributed by atoms with E-state index < -0.39 is 0 Å². The van der Waals surface area contributed by atoms with Crippen molar-refractivity contribution in [3.05, 3.63) is 53.6 Å². The van der Waals surface area contributed by atoms with Gasteiger partial charge in [-0.25, -0.2) is 4.98 Å². The number of ketones is 1. The maximum absolute atomic E-state index is 11.6. The maximum atomic E-state index is 11.6. The summed E-state index contributed by atoms with van der Waals surface area (Å²) in [5, 5.41) is 3.23. The molecule has 4 heteroatoms. The van der Waals surface area contributed by atoms with Gasteiger partial charge in [0.1, 0.15) is 0 Å². The van der Waals surface area contributed by atoms with Crippen molar-refractivity contribution in [2.75, 3.05) is 5.32 Å². The van der Waals surface area contributed by atoms with Gasteiger partial charge in [0.2, 0.25) is 5.95 Å². The minimum absolute atomic E-state index is 0.154. The first kappa shape index (κ1) is 13.4. The molecule has 2 N–H and O–H groups in total. The molecule has 21 heavy (non-hydrogen) atoms. The summed E-state index contributed by atoms with van der Waals surface area (Å²) in [7, 11) is 0. The average Bonchev–Trinajstić information content (AvgIpc) is 2.91. The lowest BCUT2D eigenvalue weighted by Crippen LogP contribution is -1.97. The Morgan fingerprint density at radius 2 is 1.95 bits per heavy atom. The van der Waals surface area contributed by atoms with Crippen LogP contribution in [0.3, 0.4) is 0 Å². The summed E-state index contributed by atoms with van der Waals surface area (Å²) < 4.78 is 0. The van der Waals surface area contributed by atoms with E-state index in [4.69, 9.17) is 0 Å². The average molecular weight is 279 g/mol. The number of fused-ring (bicyclic) bond motifs is 1. The van der Waals surface area contributed by atoms with Gasteiger partial charge in [-0.05, 0) is 42.8 Å². The van der Waals surface area contributed by atoms with Crippen molar-refractivity contribution < 1.29 is 4.79 Å². The number of H-pyrrole nitrogens is 1. The van der Waals surface area contributed by atoms with Crippen molar-refractivity contribution in [3.63, 3.8) is 0 Å². The fourth-order valence-electron chi connectivity index (χ4n) is 2.32. The van der Waals surface area contributed by atoms with Crippen LogP contribution in [0.25, 0.3) is 11.0 Å². The zero-order valence-corrected chi connectivity index (χ0v) is 12.1. The molecule has 0 spiro atoms. The molecule has 1 heterocycles. The number of nitrogens with one attached hydrogen (secondary N) is 2. The Balaban J connectivity index is 1.85. The fourth-order valence-corrected chi connectivity index (χ4v) is 2.32. The number of rotatable bonds is 4. The Morgan fingerprint density at radius 3 is 2.62 bits per heavy atom. The van der Waals surface area contributed by atoms with Crippen LogP contribution in [0.5, 0.6) is 0 Å². The molecule has 0 aliphatic carbocycles. The van der Waals surface area contributed by atoms with E-state index in [0.29, 0.717) is 12.4 Å². The number of imidazole rings is 1. The number of nitrogens with zero attached hydrogens (tertiary/aromatic N) is 1. The number of carbonyl (C=O) groups excluding carboxylic acids is 1. The third-order valence-corrected chi connectivity index (χ3v) is 3.51. The predicted octanol–water partition coefficient (Wildman–Crippen LogP) is 4.21. The third kappa shape index (κ3) is 2.65. The first-order valence-corrected chi connectivity index (χ1v) is 7.03. The highest BCUT2D eigenvalue weighted by Crippen LogP contribution is 2.21. The Bertz CT molecular complexity index is 787. The molecule has 106 valence electrons. The second-order valence-electron chi connectivity index (χ2n) is 5.04. The number of Topliss-reactive ketones (excluding diaryl/α,β-unsaturated/α-hetero) is 1. The van der Waals surface area contributed by atoms with Gasteiger partial charge in [0.15, 0.2) is 5.78 Å². The zero-order chi connectivity index (χ0) is 14.8. The Hall–Kier alpha value is -2.62. The van der Waals surface area contributed by atoms with Crippen molar-refractivity contribution >= 4 is 28.5 Å². The van der Waals surface area contributed by atoms with Gasteiger partial charge >= 0.3 is 0 Å². The molecule has 0 aliphatic heterocycles. The van der Waals surface area contributed by atoms with Crippen LogP contribution in [0, 0.1) is 6.92 Å². The molecular formula is C17H17N3O. The summed E-state index contributed by atoms with van der Waals surface area (Å²) in [5.74, 6) is 0.856. The molecule has 4 nitrogen and oxygen atoms in total. The van der Waals surface area contributed by atoms with E-state index in [1.54, 1.807) is 0 Å². The molecule has 0 saturated carbocycles. The first-order valence-electron chi connectivity index (χ1n) is 7.03. The summed E-state index contributed by atoms with van der Waals surface area (Å²) in [4.78, 5) is 19.4. The largest absolute Gasteiger partial charge is 0.326 e.